The number of aryl methyl sites for hydroxylation is 1. The van der Waals surface area contributed by atoms with E-state index in [9.17, 15) is 4.79 Å². The lowest BCUT2D eigenvalue weighted by atomic mass is 10.1. The van der Waals surface area contributed by atoms with Crippen molar-refractivity contribution in [3.8, 4) is 0 Å². The van der Waals surface area contributed by atoms with E-state index in [1.165, 1.54) is 0 Å². The van der Waals surface area contributed by atoms with E-state index in [1.807, 2.05) is 50.2 Å². The summed E-state index contributed by atoms with van der Waals surface area (Å²) in [5.41, 5.74) is 9.10. The molecule has 0 saturated heterocycles. The first-order chi connectivity index (χ1) is 10.1. The quantitative estimate of drug-likeness (QED) is 0.828. The second kappa shape index (κ2) is 6.90. The summed E-state index contributed by atoms with van der Waals surface area (Å²) < 4.78 is 5.59. The number of nitrogens with two attached hydrogens (primary N) is 1. The Morgan fingerprint density at radius 2 is 1.95 bits per heavy atom. The van der Waals surface area contributed by atoms with Crippen molar-refractivity contribution in [1.29, 1.82) is 0 Å². The van der Waals surface area contributed by atoms with Crippen LogP contribution in [-0.4, -0.2) is 12.5 Å². The molecule has 21 heavy (non-hydrogen) atoms. The second-order valence-corrected chi connectivity index (χ2v) is 4.99. The second-order valence-electron chi connectivity index (χ2n) is 4.99. The fourth-order valence-corrected chi connectivity index (χ4v) is 2.03. The van der Waals surface area contributed by atoms with Gasteiger partial charge in [0.25, 0.3) is 0 Å². The van der Waals surface area contributed by atoms with Gasteiger partial charge in [0.05, 0.1) is 6.10 Å². The van der Waals surface area contributed by atoms with Crippen LogP contribution < -0.4 is 11.1 Å². The normalized spacial score (nSPS) is 11.9. The molecule has 110 valence electrons. The molecule has 0 bridgehead atoms. The number of anilines is 2. The standard InChI is InChI=1S/C17H20N2O2/c1-12-10-15(18)8-9-16(12)19-17(20)11-21-13(2)14-6-4-3-5-7-14/h3-10,13H,11,18H2,1-2H3,(H,19,20). The highest BCUT2D eigenvalue weighted by atomic mass is 16.5. The van der Waals surface area contributed by atoms with Crippen LogP contribution >= 0.6 is 0 Å². The minimum absolute atomic E-state index is 0.0138. The zero-order valence-electron chi connectivity index (χ0n) is 12.3. The minimum Gasteiger partial charge on any atom is -0.399 e. The molecule has 3 N–H and O–H groups in total. The number of nitrogen functional groups attached to an aromatic ring is 1. The Morgan fingerprint density at radius 3 is 2.62 bits per heavy atom. The van der Waals surface area contributed by atoms with E-state index < -0.39 is 0 Å². The van der Waals surface area contributed by atoms with Crippen molar-refractivity contribution in [3.63, 3.8) is 0 Å². The molecule has 0 aromatic heterocycles. The van der Waals surface area contributed by atoms with Crippen molar-refractivity contribution in [3.05, 3.63) is 59.7 Å². The summed E-state index contributed by atoms with van der Waals surface area (Å²) in [7, 11) is 0. The maximum Gasteiger partial charge on any atom is 0.250 e. The predicted octanol–water partition coefficient (Wildman–Crippen LogP) is 3.29. The first-order valence-corrected chi connectivity index (χ1v) is 6.89. The van der Waals surface area contributed by atoms with Crippen molar-refractivity contribution >= 4 is 17.3 Å². The van der Waals surface area contributed by atoms with Gasteiger partial charge < -0.3 is 15.8 Å². The van der Waals surface area contributed by atoms with E-state index >= 15 is 0 Å². The van der Waals surface area contributed by atoms with Gasteiger partial charge in [-0.05, 0) is 43.2 Å². The molecule has 4 nitrogen and oxygen atoms in total. The number of nitrogens with one attached hydrogen (secondary N) is 1. The molecule has 1 amide bonds. The molecule has 2 aromatic carbocycles. The summed E-state index contributed by atoms with van der Waals surface area (Å²) in [4.78, 5) is 11.9. The van der Waals surface area contributed by atoms with E-state index in [0.29, 0.717) is 5.69 Å². The number of hydrogen-bond donors (Lipinski definition) is 2. The van der Waals surface area contributed by atoms with E-state index in [-0.39, 0.29) is 18.6 Å². The molecule has 1 atom stereocenters. The first-order valence-electron chi connectivity index (χ1n) is 6.89. The van der Waals surface area contributed by atoms with E-state index in [4.69, 9.17) is 10.5 Å². The Balaban J connectivity index is 1.87. The van der Waals surface area contributed by atoms with Crippen LogP contribution in [0.5, 0.6) is 0 Å². The lowest BCUT2D eigenvalue weighted by molar-refractivity contribution is -0.122. The van der Waals surface area contributed by atoms with Crippen LogP contribution in [0.1, 0.15) is 24.2 Å². The summed E-state index contributed by atoms with van der Waals surface area (Å²) in [5.74, 6) is -0.175. The van der Waals surface area contributed by atoms with Gasteiger partial charge in [-0.25, -0.2) is 0 Å². The lowest BCUT2D eigenvalue weighted by Gasteiger charge is -2.14. The molecule has 1 unspecified atom stereocenters. The smallest absolute Gasteiger partial charge is 0.250 e. The Kier molecular flexibility index (Phi) is 4.95. The molecule has 0 spiro atoms. The summed E-state index contributed by atoms with van der Waals surface area (Å²) in [6.45, 7) is 3.84. The van der Waals surface area contributed by atoms with E-state index in [1.54, 1.807) is 12.1 Å². The molecular formula is C17H20N2O2. The Hall–Kier alpha value is -2.33. The topological polar surface area (TPSA) is 64.3 Å². The van der Waals surface area contributed by atoms with Crippen LogP contribution in [0.4, 0.5) is 11.4 Å². The first kappa shape index (κ1) is 15.1. The van der Waals surface area contributed by atoms with Gasteiger partial charge in [-0.15, -0.1) is 0 Å². The molecule has 0 aliphatic heterocycles. The van der Waals surface area contributed by atoms with E-state index in [0.717, 1.165) is 16.8 Å². The van der Waals surface area contributed by atoms with Gasteiger partial charge >= 0.3 is 0 Å². The lowest BCUT2D eigenvalue weighted by Crippen LogP contribution is -2.20. The molecule has 0 saturated carbocycles. The van der Waals surface area contributed by atoms with Gasteiger partial charge in [-0.3, -0.25) is 4.79 Å². The van der Waals surface area contributed by atoms with Gasteiger partial charge in [-0.2, -0.15) is 0 Å². The molecule has 4 heteroatoms. The van der Waals surface area contributed by atoms with Crippen LogP contribution in [0.25, 0.3) is 0 Å². The number of carbonyl (C=O) groups is 1. The molecular weight excluding hydrogens is 264 g/mol. The third-order valence-electron chi connectivity index (χ3n) is 3.26. The fourth-order valence-electron chi connectivity index (χ4n) is 2.03. The predicted molar refractivity (Wildman–Crippen MR) is 85.0 cm³/mol. The van der Waals surface area contributed by atoms with Gasteiger partial charge in [0.1, 0.15) is 6.61 Å². The monoisotopic (exact) mass is 284 g/mol. The number of rotatable bonds is 5. The molecule has 2 rings (SSSR count). The van der Waals surface area contributed by atoms with Crippen LogP contribution in [0.2, 0.25) is 0 Å². The summed E-state index contributed by atoms with van der Waals surface area (Å²) in [6, 6.07) is 15.2. The van der Waals surface area contributed by atoms with Gasteiger partial charge in [-0.1, -0.05) is 30.3 Å². The zero-order valence-corrected chi connectivity index (χ0v) is 12.3. The van der Waals surface area contributed by atoms with Gasteiger partial charge in [0.15, 0.2) is 0 Å². The van der Waals surface area contributed by atoms with Crippen LogP contribution in [-0.2, 0) is 9.53 Å². The average molecular weight is 284 g/mol. The molecule has 0 heterocycles. The summed E-state index contributed by atoms with van der Waals surface area (Å²) in [6.07, 6.45) is -0.121. The number of amides is 1. The van der Waals surface area contributed by atoms with Crippen molar-refractivity contribution < 1.29 is 9.53 Å². The third-order valence-corrected chi connectivity index (χ3v) is 3.26. The summed E-state index contributed by atoms with van der Waals surface area (Å²) >= 11 is 0. The van der Waals surface area contributed by atoms with Crippen molar-refractivity contribution in [2.45, 2.75) is 20.0 Å². The van der Waals surface area contributed by atoms with Gasteiger partial charge in [0, 0.05) is 11.4 Å². The third kappa shape index (κ3) is 4.33. The Labute approximate surface area is 124 Å². The maximum atomic E-state index is 11.9. The molecule has 0 aliphatic rings. The minimum atomic E-state index is -0.175. The Morgan fingerprint density at radius 1 is 1.24 bits per heavy atom. The fraction of sp³-hybridized carbons (Fsp3) is 0.235. The highest BCUT2D eigenvalue weighted by Gasteiger charge is 2.09. The maximum absolute atomic E-state index is 11.9. The van der Waals surface area contributed by atoms with Crippen molar-refractivity contribution in [2.75, 3.05) is 17.7 Å². The van der Waals surface area contributed by atoms with Crippen molar-refractivity contribution in [1.82, 2.24) is 0 Å². The number of hydrogen-bond acceptors (Lipinski definition) is 3. The average Bonchev–Trinajstić information content (AvgIpc) is 2.48. The summed E-state index contributed by atoms with van der Waals surface area (Å²) in [5, 5.41) is 2.82. The largest absolute Gasteiger partial charge is 0.399 e. The zero-order chi connectivity index (χ0) is 15.2. The van der Waals surface area contributed by atoms with E-state index in [2.05, 4.69) is 5.32 Å². The molecule has 0 radical (unpaired) electrons. The van der Waals surface area contributed by atoms with Crippen LogP contribution in [0, 0.1) is 6.92 Å². The number of carbonyl (C=O) groups excluding carboxylic acids is 1. The molecule has 0 fully saturated rings. The van der Waals surface area contributed by atoms with Crippen LogP contribution in [0.15, 0.2) is 48.5 Å². The number of benzene rings is 2. The SMILES string of the molecule is Cc1cc(N)ccc1NC(=O)COC(C)c1ccccc1. The highest BCUT2D eigenvalue weighted by Crippen LogP contribution is 2.18. The highest BCUT2D eigenvalue weighted by molar-refractivity contribution is 5.92. The van der Waals surface area contributed by atoms with Crippen LogP contribution in [0.3, 0.4) is 0 Å². The molecule has 0 aliphatic carbocycles. The Bertz CT molecular complexity index is 611. The molecule has 2 aromatic rings. The number of ether oxygens (including phenoxy) is 1. The van der Waals surface area contributed by atoms with Crippen molar-refractivity contribution in [2.24, 2.45) is 0 Å². The van der Waals surface area contributed by atoms with Gasteiger partial charge in [0.2, 0.25) is 5.91 Å².